The van der Waals surface area contributed by atoms with E-state index in [-0.39, 0.29) is 24.8 Å². The van der Waals surface area contributed by atoms with E-state index in [4.69, 9.17) is 29.3 Å². The van der Waals surface area contributed by atoms with Gasteiger partial charge in [-0.25, -0.2) is 9.67 Å². The topological polar surface area (TPSA) is 145 Å². The van der Waals surface area contributed by atoms with Crippen molar-refractivity contribution in [2.45, 2.75) is 63.6 Å². The summed E-state index contributed by atoms with van der Waals surface area (Å²) in [6.07, 6.45) is 8.30. The van der Waals surface area contributed by atoms with Crippen LogP contribution in [0, 0.1) is 6.92 Å². The first-order valence-electron chi connectivity index (χ1n) is 14.4. The molecule has 224 valence electrons. The Bertz CT molecular complexity index is 1540. The zero-order valence-electron chi connectivity index (χ0n) is 24.4. The molecule has 0 spiro atoms. The summed E-state index contributed by atoms with van der Waals surface area (Å²) in [5, 5.41) is 29.3. The predicted molar refractivity (Wildman–Crippen MR) is 158 cm³/mol. The molecule has 1 aliphatic carbocycles. The summed E-state index contributed by atoms with van der Waals surface area (Å²) in [5.74, 6) is 3.31. The van der Waals surface area contributed by atoms with Crippen molar-refractivity contribution in [3.63, 3.8) is 0 Å². The zero-order chi connectivity index (χ0) is 29.4. The molecule has 0 radical (unpaired) electrons. The van der Waals surface area contributed by atoms with Crippen LogP contribution in [-0.2, 0) is 0 Å². The Morgan fingerprint density at radius 3 is 2.40 bits per heavy atom. The summed E-state index contributed by atoms with van der Waals surface area (Å²) in [4.78, 5) is 16.6. The van der Waals surface area contributed by atoms with Crippen molar-refractivity contribution in [1.82, 2.24) is 29.3 Å². The number of nitrogens with zero attached hydrogens (tertiary/aromatic N) is 7. The number of anilines is 3. The van der Waals surface area contributed by atoms with Gasteiger partial charge in [-0.1, -0.05) is 0 Å². The molecule has 2 aliphatic rings. The van der Waals surface area contributed by atoms with E-state index in [1.54, 1.807) is 27.7 Å². The molecule has 2 fully saturated rings. The third-order valence-electron chi connectivity index (χ3n) is 8.35. The molecule has 0 bridgehead atoms. The summed E-state index contributed by atoms with van der Waals surface area (Å²) in [6, 6.07) is 3.82. The fourth-order valence-electron chi connectivity index (χ4n) is 6.17. The molecule has 1 saturated heterocycles. The first-order chi connectivity index (χ1) is 20.4. The van der Waals surface area contributed by atoms with Gasteiger partial charge in [-0.2, -0.15) is 15.1 Å². The van der Waals surface area contributed by atoms with E-state index in [1.165, 1.54) is 0 Å². The number of hydrogen-bond donors (Lipinski definition) is 3. The minimum atomic E-state index is -0.262. The number of nitrogens with one attached hydrogen (secondary N) is 1. The molecule has 13 nitrogen and oxygen atoms in total. The van der Waals surface area contributed by atoms with E-state index in [0.717, 1.165) is 73.3 Å². The van der Waals surface area contributed by atoms with Crippen LogP contribution in [0.4, 0.5) is 17.6 Å². The second kappa shape index (κ2) is 11.6. The van der Waals surface area contributed by atoms with Crippen LogP contribution in [-0.4, -0.2) is 86.1 Å². The van der Waals surface area contributed by atoms with Crippen LogP contribution in [0.5, 0.6) is 17.2 Å². The number of benzene rings is 1. The molecule has 13 heteroatoms. The van der Waals surface area contributed by atoms with Gasteiger partial charge < -0.3 is 39.2 Å². The Kier molecular flexibility index (Phi) is 7.78. The average molecular weight is 579 g/mol. The smallest absolute Gasteiger partial charge is 0.232 e. The van der Waals surface area contributed by atoms with E-state index in [2.05, 4.69) is 15.2 Å². The van der Waals surface area contributed by atoms with Crippen LogP contribution in [0.25, 0.3) is 16.7 Å². The first-order valence-corrected chi connectivity index (χ1v) is 14.4. The minimum Gasteiger partial charge on any atom is -0.493 e. The lowest BCUT2D eigenvalue weighted by Crippen LogP contribution is -2.33. The maximum atomic E-state index is 10.1. The monoisotopic (exact) mass is 578 g/mol. The van der Waals surface area contributed by atoms with Gasteiger partial charge in [0.15, 0.2) is 23.0 Å². The molecule has 1 aliphatic heterocycles. The number of rotatable bonds is 9. The van der Waals surface area contributed by atoms with Gasteiger partial charge in [-0.05, 0) is 45.4 Å². The Hall–Kier alpha value is -4.10. The second-order valence-electron chi connectivity index (χ2n) is 10.9. The van der Waals surface area contributed by atoms with Crippen LogP contribution >= 0.6 is 0 Å². The number of aliphatic hydroxyl groups excluding tert-OH is 2. The molecular weight excluding hydrogens is 540 g/mol. The fourth-order valence-corrected chi connectivity index (χ4v) is 6.17. The van der Waals surface area contributed by atoms with Crippen LogP contribution < -0.4 is 24.4 Å². The largest absolute Gasteiger partial charge is 0.493 e. The Morgan fingerprint density at radius 1 is 1.00 bits per heavy atom. The lowest BCUT2D eigenvalue weighted by Gasteiger charge is -2.27. The molecule has 0 amide bonds. The standard InChI is InChI=1S/C29H38N8O5/c1-17-25-27(36-11-5-6-19(36)15-38)32-29(33-28(25)37(34-17)18-7-9-21(39)10-8-18)31-24-14-35(16-30-24)20-12-22(40-2)26(42-4)23(13-20)41-3/h12-14,16,18-19,21,38-39H,5-11,15H2,1-4H3,(H,31,32,33)/t18?,19-,21?/m0/s1. The molecule has 1 aromatic carbocycles. The summed E-state index contributed by atoms with van der Waals surface area (Å²) in [5.41, 5.74) is 2.38. The lowest BCUT2D eigenvalue weighted by atomic mass is 9.93. The summed E-state index contributed by atoms with van der Waals surface area (Å²) in [7, 11) is 4.73. The van der Waals surface area contributed by atoms with Gasteiger partial charge >= 0.3 is 0 Å². The van der Waals surface area contributed by atoms with E-state index in [0.29, 0.717) is 29.0 Å². The highest BCUT2D eigenvalue weighted by Crippen LogP contribution is 2.40. The first kappa shape index (κ1) is 28.0. The van der Waals surface area contributed by atoms with Gasteiger partial charge in [0.25, 0.3) is 0 Å². The molecule has 0 unspecified atom stereocenters. The zero-order valence-corrected chi connectivity index (χ0v) is 24.4. The number of aliphatic hydroxyl groups is 2. The maximum absolute atomic E-state index is 10.1. The van der Waals surface area contributed by atoms with E-state index < -0.39 is 0 Å². The number of ether oxygens (including phenoxy) is 3. The van der Waals surface area contributed by atoms with Crippen LogP contribution in [0.15, 0.2) is 24.7 Å². The van der Waals surface area contributed by atoms with Crippen LogP contribution in [0.1, 0.15) is 50.3 Å². The average Bonchev–Trinajstić information content (AvgIpc) is 3.75. The molecule has 42 heavy (non-hydrogen) atoms. The van der Waals surface area contributed by atoms with Crippen molar-refractivity contribution >= 4 is 28.6 Å². The number of aryl methyl sites for hydroxylation is 1. The highest BCUT2D eigenvalue weighted by atomic mass is 16.5. The van der Waals surface area contributed by atoms with Crippen LogP contribution in [0.2, 0.25) is 0 Å². The molecule has 1 atom stereocenters. The van der Waals surface area contributed by atoms with Crippen molar-refractivity contribution < 1.29 is 24.4 Å². The van der Waals surface area contributed by atoms with Gasteiger partial charge in [0.05, 0.1) is 69.1 Å². The van der Waals surface area contributed by atoms with Crippen LogP contribution in [0.3, 0.4) is 0 Å². The van der Waals surface area contributed by atoms with Gasteiger partial charge in [0.2, 0.25) is 11.7 Å². The Balaban J connectivity index is 1.39. The predicted octanol–water partition coefficient (Wildman–Crippen LogP) is 3.53. The van der Waals surface area contributed by atoms with Crippen molar-refractivity contribution in [2.24, 2.45) is 0 Å². The van der Waals surface area contributed by atoms with Crippen molar-refractivity contribution in [3.05, 3.63) is 30.4 Å². The molecular formula is C29H38N8O5. The third kappa shape index (κ3) is 5.07. The fraction of sp³-hybridized carbons (Fsp3) is 0.517. The summed E-state index contributed by atoms with van der Waals surface area (Å²) >= 11 is 0. The minimum absolute atomic E-state index is 0.0113. The molecule has 3 aromatic heterocycles. The van der Waals surface area contributed by atoms with Crippen molar-refractivity contribution in [1.29, 1.82) is 0 Å². The highest BCUT2D eigenvalue weighted by Gasteiger charge is 2.31. The van der Waals surface area contributed by atoms with E-state index >= 15 is 0 Å². The third-order valence-corrected chi connectivity index (χ3v) is 8.35. The number of imidazole rings is 1. The van der Waals surface area contributed by atoms with Gasteiger partial charge in [-0.3, -0.25) is 0 Å². The lowest BCUT2D eigenvalue weighted by molar-refractivity contribution is 0.109. The number of fused-ring (bicyclic) bond motifs is 1. The second-order valence-corrected chi connectivity index (χ2v) is 10.9. The number of methoxy groups -OCH3 is 3. The Labute approximate surface area is 244 Å². The summed E-state index contributed by atoms with van der Waals surface area (Å²) < 4.78 is 20.3. The molecule has 4 heterocycles. The van der Waals surface area contributed by atoms with E-state index in [1.807, 2.05) is 34.5 Å². The quantitative estimate of drug-likeness (QED) is 0.268. The van der Waals surface area contributed by atoms with E-state index in [9.17, 15) is 10.2 Å². The normalized spacial score (nSPS) is 20.7. The molecule has 3 N–H and O–H groups in total. The van der Waals surface area contributed by atoms with Gasteiger partial charge in [0.1, 0.15) is 12.1 Å². The SMILES string of the molecule is COc1cc(-n2cnc(Nc3nc(N4CCC[C@H]4CO)c4c(C)nn(C5CCC(O)CC5)c4n3)c2)cc(OC)c1OC. The molecule has 6 rings (SSSR count). The number of hydrogen-bond acceptors (Lipinski definition) is 11. The maximum Gasteiger partial charge on any atom is 0.232 e. The van der Waals surface area contributed by atoms with Crippen molar-refractivity contribution in [2.75, 3.05) is 44.7 Å². The molecule has 4 aromatic rings. The molecule has 1 saturated carbocycles. The summed E-state index contributed by atoms with van der Waals surface area (Å²) in [6.45, 7) is 2.84. The number of aromatic nitrogens is 6. The highest BCUT2D eigenvalue weighted by molar-refractivity contribution is 5.91. The van der Waals surface area contributed by atoms with Gasteiger partial charge in [-0.15, -0.1) is 0 Å². The Morgan fingerprint density at radius 2 is 1.74 bits per heavy atom. The van der Waals surface area contributed by atoms with Gasteiger partial charge in [0, 0.05) is 18.7 Å². The van der Waals surface area contributed by atoms with Crippen molar-refractivity contribution in [3.8, 4) is 22.9 Å².